The quantitative estimate of drug-likeness (QED) is 0.837. The molecule has 4 nitrogen and oxygen atoms in total. The van der Waals surface area contributed by atoms with Crippen LogP contribution in [-0.2, 0) is 0 Å². The third-order valence-electron chi connectivity index (χ3n) is 2.35. The van der Waals surface area contributed by atoms with E-state index in [0.717, 1.165) is 5.32 Å². The second-order valence-electron chi connectivity index (χ2n) is 4.02. The van der Waals surface area contributed by atoms with E-state index in [1.165, 1.54) is 24.3 Å². The van der Waals surface area contributed by atoms with E-state index >= 15 is 0 Å². The largest absolute Gasteiger partial charge is 0.485 e. The lowest BCUT2D eigenvalue weighted by Crippen LogP contribution is -2.40. The van der Waals surface area contributed by atoms with Crippen LogP contribution in [-0.4, -0.2) is 12.3 Å². The average Bonchev–Trinajstić information content (AvgIpc) is 2.40. The normalized spacial score (nSPS) is 10.8. The molecule has 0 saturated heterocycles. The van der Waals surface area contributed by atoms with Gasteiger partial charge in [-0.2, -0.15) is 13.2 Å². The van der Waals surface area contributed by atoms with Crippen molar-refractivity contribution in [1.29, 1.82) is 0 Å². The van der Waals surface area contributed by atoms with Crippen LogP contribution < -0.4 is 15.4 Å². The van der Waals surface area contributed by atoms with Gasteiger partial charge < -0.3 is 10.1 Å². The Bertz CT molecular complexity index is 598. The topological polar surface area (TPSA) is 50.4 Å². The van der Waals surface area contributed by atoms with Crippen molar-refractivity contribution in [3.8, 4) is 11.5 Å². The zero-order chi connectivity index (χ0) is 15.3. The summed E-state index contributed by atoms with van der Waals surface area (Å²) < 4.78 is 41.3. The summed E-state index contributed by atoms with van der Waals surface area (Å²) in [6, 6.07) is 13.6. The maximum Gasteiger partial charge on any atom is 0.485 e. The number of para-hydroxylation sites is 1. The van der Waals surface area contributed by atoms with Gasteiger partial charge in [0.2, 0.25) is 0 Å². The molecule has 0 aromatic heterocycles. The average molecular weight is 296 g/mol. The van der Waals surface area contributed by atoms with Gasteiger partial charge in [-0.1, -0.05) is 18.2 Å². The Morgan fingerprint density at radius 3 is 2.05 bits per heavy atom. The number of amides is 2. The number of anilines is 1. The first kappa shape index (κ1) is 14.7. The molecule has 2 aromatic carbocycles. The van der Waals surface area contributed by atoms with Crippen LogP contribution in [0.4, 0.5) is 23.7 Å². The third-order valence-corrected chi connectivity index (χ3v) is 2.35. The van der Waals surface area contributed by atoms with Crippen molar-refractivity contribution in [2.24, 2.45) is 0 Å². The van der Waals surface area contributed by atoms with Crippen molar-refractivity contribution >= 4 is 11.7 Å². The molecule has 0 fully saturated rings. The number of alkyl halides is 3. The molecule has 21 heavy (non-hydrogen) atoms. The highest BCUT2D eigenvalue weighted by Crippen LogP contribution is 2.22. The molecule has 0 heterocycles. The molecule has 0 aliphatic carbocycles. The molecule has 0 saturated carbocycles. The molecule has 2 aromatic rings. The number of nitrogens with one attached hydrogen (secondary N) is 2. The summed E-state index contributed by atoms with van der Waals surface area (Å²) in [5.41, 5.74) is 0.220. The minimum Gasteiger partial charge on any atom is -0.457 e. The number of halogens is 3. The highest BCUT2D eigenvalue weighted by Gasteiger charge is 2.29. The van der Waals surface area contributed by atoms with Crippen LogP contribution >= 0.6 is 0 Å². The Hall–Kier alpha value is -2.70. The molecule has 0 radical (unpaired) electrons. The first-order valence-electron chi connectivity index (χ1n) is 5.91. The number of urea groups is 1. The Balaban J connectivity index is 1.95. The summed E-state index contributed by atoms with van der Waals surface area (Å²) in [6.07, 6.45) is -4.76. The number of benzene rings is 2. The maximum atomic E-state index is 11.9. The molecule has 0 unspecified atom stereocenters. The van der Waals surface area contributed by atoms with E-state index in [-0.39, 0.29) is 5.69 Å². The second kappa shape index (κ2) is 6.17. The zero-order valence-corrected chi connectivity index (χ0v) is 10.6. The lowest BCUT2D eigenvalue weighted by Gasteiger charge is -2.10. The van der Waals surface area contributed by atoms with E-state index in [4.69, 9.17) is 4.74 Å². The van der Waals surface area contributed by atoms with Crippen molar-refractivity contribution < 1.29 is 22.7 Å². The Kier molecular flexibility index (Phi) is 4.32. The van der Waals surface area contributed by atoms with Gasteiger partial charge >= 0.3 is 12.3 Å². The van der Waals surface area contributed by atoms with Crippen LogP contribution in [0.1, 0.15) is 0 Å². The highest BCUT2D eigenvalue weighted by atomic mass is 19.4. The summed E-state index contributed by atoms with van der Waals surface area (Å²) in [6.45, 7) is 0. The maximum absolute atomic E-state index is 11.9. The summed E-state index contributed by atoms with van der Waals surface area (Å²) in [5.74, 6) is 1.14. The van der Waals surface area contributed by atoms with Gasteiger partial charge in [-0.05, 0) is 36.4 Å². The molecular formula is C14H11F3N2O2. The number of hydrogen-bond acceptors (Lipinski definition) is 2. The number of carbonyl (C=O) groups is 1. The van der Waals surface area contributed by atoms with Crippen molar-refractivity contribution in [3.63, 3.8) is 0 Å². The molecule has 110 valence electrons. The monoisotopic (exact) mass is 296 g/mol. The van der Waals surface area contributed by atoms with Crippen molar-refractivity contribution in [1.82, 2.24) is 5.32 Å². The van der Waals surface area contributed by atoms with Crippen molar-refractivity contribution in [2.75, 3.05) is 5.32 Å². The van der Waals surface area contributed by atoms with E-state index in [1.807, 2.05) is 18.2 Å². The molecule has 2 rings (SSSR count). The predicted molar refractivity (Wildman–Crippen MR) is 71.2 cm³/mol. The lowest BCUT2D eigenvalue weighted by molar-refractivity contribution is -0.144. The second-order valence-corrected chi connectivity index (χ2v) is 4.02. The first-order chi connectivity index (χ1) is 9.92. The molecule has 7 heteroatoms. The van der Waals surface area contributed by atoms with Crippen LogP contribution in [0.3, 0.4) is 0 Å². The molecular weight excluding hydrogens is 285 g/mol. The van der Waals surface area contributed by atoms with Gasteiger partial charge in [0, 0.05) is 5.69 Å². The standard InChI is InChI=1S/C14H11F3N2O2/c15-14(16,17)19-13(20)18-10-6-8-12(9-7-10)21-11-4-2-1-3-5-11/h1-9H,(H2,18,19,20). The van der Waals surface area contributed by atoms with Gasteiger partial charge in [0.05, 0.1) is 0 Å². The fraction of sp³-hybridized carbons (Fsp3) is 0.0714. The van der Waals surface area contributed by atoms with Gasteiger partial charge in [0.1, 0.15) is 11.5 Å². The Morgan fingerprint density at radius 1 is 0.905 bits per heavy atom. The molecule has 0 spiro atoms. The summed E-state index contributed by atoms with van der Waals surface area (Å²) in [4.78, 5) is 11.0. The number of ether oxygens (including phenoxy) is 1. The first-order valence-corrected chi connectivity index (χ1v) is 5.91. The fourth-order valence-electron chi connectivity index (χ4n) is 1.52. The van der Waals surface area contributed by atoms with Crippen LogP contribution in [0.2, 0.25) is 0 Å². The molecule has 2 N–H and O–H groups in total. The zero-order valence-electron chi connectivity index (χ0n) is 10.6. The van der Waals surface area contributed by atoms with Crippen LogP contribution in [0.15, 0.2) is 54.6 Å². The SMILES string of the molecule is O=C(Nc1ccc(Oc2ccccc2)cc1)NC(F)(F)F. The minimum absolute atomic E-state index is 0.220. The van der Waals surface area contributed by atoms with Crippen LogP contribution in [0.25, 0.3) is 0 Å². The molecule has 0 aliphatic rings. The van der Waals surface area contributed by atoms with Crippen LogP contribution in [0, 0.1) is 0 Å². The van der Waals surface area contributed by atoms with E-state index in [9.17, 15) is 18.0 Å². The summed E-state index contributed by atoms with van der Waals surface area (Å²) in [7, 11) is 0. The van der Waals surface area contributed by atoms with Crippen molar-refractivity contribution in [2.45, 2.75) is 6.30 Å². The molecule has 0 aliphatic heterocycles. The molecule has 2 amide bonds. The lowest BCUT2D eigenvalue weighted by atomic mass is 10.3. The van der Waals surface area contributed by atoms with Crippen LogP contribution in [0.5, 0.6) is 11.5 Å². The summed E-state index contributed by atoms with van der Waals surface area (Å²) >= 11 is 0. The van der Waals surface area contributed by atoms with Gasteiger partial charge in [-0.15, -0.1) is 0 Å². The smallest absolute Gasteiger partial charge is 0.457 e. The van der Waals surface area contributed by atoms with E-state index in [2.05, 4.69) is 5.32 Å². The van der Waals surface area contributed by atoms with E-state index in [1.54, 1.807) is 12.1 Å². The van der Waals surface area contributed by atoms with Gasteiger partial charge in [0.25, 0.3) is 0 Å². The number of rotatable bonds is 3. The number of hydrogen-bond donors (Lipinski definition) is 2. The molecule has 0 atom stereocenters. The summed E-state index contributed by atoms with van der Waals surface area (Å²) in [5, 5.41) is 2.90. The van der Waals surface area contributed by atoms with Gasteiger partial charge in [-0.25, -0.2) is 10.1 Å². The molecule has 0 bridgehead atoms. The van der Waals surface area contributed by atoms with Crippen molar-refractivity contribution in [3.05, 3.63) is 54.6 Å². The number of carbonyl (C=O) groups excluding carboxylic acids is 1. The Morgan fingerprint density at radius 2 is 1.48 bits per heavy atom. The third kappa shape index (κ3) is 5.06. The predicted octanol–water partition coefficient (Wildman–Crippen LogP) is 4.12. The Labute approximate surface area is 118 Å². The van der Waals surface area contributed by atoms with Gasteiger partial charge in [0.15, 0.2) is 0 Å². The highest BCUT2D eigenvalue weighted by molar-refractivity contribution is 5.89. The van der Waals surface area contributed by atoms with Gasteiger partial charge in [-0.3, -0.25) is 0 Å². The minimum atomic E-state index is -4.76. The van der Waals surface area contributed by atoms with E-state index in [0.29, 0.717) is 11.5 Å². The van der Waals surface area contributed by atoms with E-state index < -0.39 is 12.3 Å². The fourth-order valence-corrected chi connectivity index (χ4v) is 1.52.